The molecule has 2 heterocycles. The molecule has 1 aromatic heterocycles. The topological polar surface area (TPSA) is 107 Å². The molecule has 0 aliphatic carbocycles. The maximum atomic E-state index is 10.7. The third kappa shape index (κ3) is 6.32. The van der Waals surface area contributed by atoms with Gasteiger partial charge in [-0.05, 0) is 45.2 Å². The van der Waals surface area contributed by atoms with Crippen LogP contribution in [0.2, 0.25) is 0 Å². The number of hydrogen-bond acceptors (Lipinski definition) is 7. The van der Waals surface area contributed by atoms with E-state index in [2.05, 4.69) is 15.2 Å². The van der Waals surface area contributed by atoms with Gasteiger partial charge in [0.2, 0.25) is 0 Å². The average Bonchev–Trinajstić information content (AvgIpc) is 3.19. The molecule has 0 amide bonds. The molecule has 0 radical (unpaired) electrons. The largest absolute Gasteiger partial charge is 0.389 e. The number of hydrogen-bond donors (Lipinski definition) is 1. The second kappa shape index (κ2) is 10.6. The van der Waals surface area contributed by atoms with Crippen LogP contribution in [0.15, 0.2) is 30.5 Å². The van der Waals surface area contributed by atoms with Crippen LogP contribution >= 0.6 is 0 Å². The summed E-state index contributed by atoms with van der Waals surface area (Å²) in [5.74, 6) is 0. The van der Waals surface area contributed by atoms with Crippen molar-refractivity contribution in [2.75, 3.05) is 20.2 Å². The van der Waals surface area contributed by atoms with E-state index in [0.29, 0.717) is 6.61 Å². The Labute approximate surface area is 176 Å². The fraction of sp³-hybridized carbons (Fsp3) is 0.619. The maximum Gasteiger partial charge on any atom is 0.269 e. The molecular weight excluding hydrogens is 386 g/mol. The lowest BCUT2D eigenvalue weighted by molar-refractivity contribution is -0.384. The molecule has 0 unspecified atom stereocenters. The van der Waals surface area contributed by atoms with Gasteiger partial charge in [-0.15, -0.1) is 5.10 Å². The first-order chi connectivity index (χ1) is 14.4. The van der Waals surface area contributed by atoms with Gasteiger partial charge in [0, 0.05) is 43.9 Å². The number of aromatic nitrogens is 3. The van der Waals surface area contributed by atoms with Crippen LogP contribution in [0.25, 0.3) is 0 Å². The monoisotopic (exact) mass is 417 g/mol. The first kappa shape index (κ1) is 22.3. The molecule has 2 aromatic rings. The molecule has 164 valence electrons. The number of nitro benzene ring substituents is 1. The molecule has 3 rings (SSSR count). The van der Waals surface area contributed by atoms with Crippen molar-refractivity contribution >= 4 is 5.69 Å². The molecule has 9 nitrogen and oxygen atoms in total. The van der Waals surface area contributed by atoms with E-state index in [1.165, 1.54) is 0 Å². The van der Waals surface area contributed by atoms with Crippen LogP contribution in [-0.2, 0) is 24.1 Å². The molecule has 9 heteroatoms. The minimum atomic E-state index is -0.447. The highest BCUT2D eigenvalue weighted by Gasteiger charge is 2.30. The van der Waals surface area contributed by atoms with Crippen molar-refractivity contribution < 1.29 is 14.8 Å². The summed E-state index contributed by atoms with van der Waals surface area (Å²) in [6.07, 6.45) is 6.17. The molecule has 30 heavy (non-hydrogen) atoms. The first-order valence-electron chi connectivity index (χ1n) is 10.5. The number of ether oxygens (including phenoxy) is 1. The lowest BCUT2D eigenvalue weighted by Gasteiger charge is -2.37. The fourth-order valence-electron chi connectivity index (χ4n) is 3.82. The summed E-state index contributed by atoms with van der Waals surface area (Å²) in [6, 6.07) is 6.85. The Kier molecular flexibility index (Phi) is 7.89. The number of non-ortho nitro benzene ring substituents is 1. The van der Waals surface area contributed by atoms with Crippen molar-refractivity contribution in [1.29, 1.82) is 0 Å². The Morgan fingerprint density at radius 2 is 2.07 bits per heavy atom. The van der Waals surface area contributed by atoms with Gasteiger partial charge >= 0.3 is 0 Å². The standard InChI is InChI=1S/C21H31N5O4/c1-16-13-20(21(27)15-30-16)24(2)12-10-18-14-25(23-22-18)11-4-3-5-17-6-8-19(9-7-17)26(28)29/h6-9,14,16,20-21,27H,3-5,10-13,15H2,1-2H3/t16-,20+,21+/m1/s1. The maximum absolute atomic E-state index is 10.7. The van der Waals surface area contributed by atoms with Crippen LogP contribution in [-0.4, -0.2) is 68.4 Å². The van der Waals surface area contributed by atoms with Gasteiger partial charge in [0.25, 0.3) is 5.69 Å². The summed E-state index contributed by atoms with van der Waals surface area (Å²) >= 11 is 0. The van der Waals surface area contributed by atoms with Crippen molar-refractivity contribution in [2.45, 2.75) is 63.8 Å². The normalized spacial score (nSPS) is 21.8. The van der Waals surface area contributed by atoms with Gasteiger partial charge in [0.15, 0.2) is 0 Å². The highest BCUT2D eigenvalue weighted by molar-refractivity contribution is 5.32. The summed E-state index contributed by atoms with van der Waals surface area (Å²) < 4.78 is 7.37. The fourth-order valence-corrected chi connectivity index (χ4v) is 3.82. The van der Waals surface area contributed by atoms with Gasteiger partial charge in [-0.3, -0.25) is 14.8 Å². The third-order valence-electron chi connectivity index (χ3n) is 5.69. The van der Waals surface area contributed by atoms with E-state index in [0.717, 1.165) is 56.5 Å². The highest BCUT2D eigenvalue weighted by atomic mass is 16.6. The lowest BCUT2D eigenvalue weighted by atomic mass is 10.00. The zero-order valence-electron chi connectivity index (χ0n) is 17.7. The number of rotatable bonds is 10. The third-order valence-corrected chi connectivity index (χ3v) is 5.69. The number of benzene rings is 1. The number of likely N-dealkylation sites (N-methyl/N-ethyl adjacent to an activating group) is 1. The van der Waals surface area contributed by atoms with E-state index in [-0.39, 0.29) is 22.8 Å². The number of aryl methyl sites for hydroxylation is 2. The summed E-state index contributed by atoms with van der Waals surface area (Å²) in [4.78, 5) is 12.5. The van der Waals surface area contributed by atoms with Crippen molar-refractivity contribution in [2.24, 2.45) is 0 Å². The number of nitrogens with zero attached hydrogens (tertiary/aromatic N) is 5. The summed E-state index contributed by atoms with van der Waals surface area (Å²) in [7, 11) is 2.04. The molecule has 1 fully saturated rings. The summed E-state index contributed by atoms with van der Waals surface area (Å²) in [5, 5.41) is 29.3. The van der Waals surface area contributed by atoms with E-state index in [1.807, 2.05) is 37.0 Å². The van der Waals surface area contributed by atoms with E-state index >= 15 is 0 Å². The van der Waals surface area contributed by atoms with E-state index in [9.17, 15) is 15.2 Å². The minimum absolute atomic E-state index is 0.114. The molecule has 1 aliphatic heterocycles. The Morgan fingerprint density at radius 1 is 1.30 bits per heavy atom. The molecular formula is C21H31N5O4. The van der Waals surface area contributed by atoms with Crippen LogP contribution in [0.4, 0.5) is 5.69 Å². The predicted molar refractivity (Wildman–Crippen MR) is 112 cm³/mol. The zero-order chi connectivity index (χ0) is 21.5. The lowest BCUT2D eigenvalue weighted by Crippen LogP contribution is -2.50. The van der Waals surface area contributed by atoms with Crippen molar-refractivity contribution in [3.8, 4) is 0 Å². The van der Waals surface area contributed by atoms with Gasteiger partial charge < -0.3 is 14.7 Å². The number of unbranched alkanes of at least 4 members (excludes halogenated alkanes) is 1. The summed E-state index contributed by atoms with van der Waals surface area (Å²) in [5.41, 5.74) is 2.18. The van der Waals surface area contributed by atoms with Crippen LogP contribution in [0.1, 0.15) is 37.4 Å². The minimum Gasteiger partial charge on any atom is -0.389 e. The van der Waals surface area contributed by atoms with Crippen LogP contribution < -0.4 is 0 Å². The smallest absolute Gasteiger partial charge is 0.269 e. The highest BCUT2D eigenvalue weighted by Crippen LogP contribution is 2.19. The van der Waals surface area contributed by atoms with Crippen molar-refractivity contribution in [1.82, 2.24) is 19.9 Å². The molecule has 0 spiro atoms. The van der Waals surface area contributed by atoms with E-state index < -0.39 is 6.10 Å². The quantitative estimate of drug-likeness (QED) is 0.359. The van der Waals surface area contributed by atoms with Crippen molar-refractivity contribution in [3.05, 3.63) is 51.8 Å². The Hall–Kier alpha value is -2.36. The SMILES string of the molecule is C[C@@H]1C[C@H](N(C)CCc2cn(CCCCc3ccc([N+](=O)[O-])cc3)nn2)[C@@H](O)CO1. The number of nitro groups is 1. The Bertz CT molecular complexity index is 810. The zero-order valence-corrected chi connectivity index (χ0v) is 17.7. The molecule has 0 saturated carbocycles. The van der Waals surface area contributed by atoms with Crippen LogP contribution in [0, 0.1) is 10.1 Å². The molecule has 3 atom stereocenters. The van der Waals surface area contributed by atoms with Crippen LogP contribution in [0.5, 0.6) is 0 Å². The van der Waals surface area contributed by atoms with E-state index in [4.69, 9.17) is 4.74 Å². The Balaban J connectivity index is 1.37. The van der Waals surface area contributed by atoms with Gasteiger partial charge in [0.05, 0.1) is 29.4 Å². The van der Waals surface area contributed by atoms with Crippen LogP contribution in [0.3, 0.4) is 0 Å². The Morgan fingerprint density at radius 3 is 2.80 bits per heavy atom. The first-order valence-corrected chi connectivity index (χ1v) is 10.5. The predicted octanol–water partition coefficient (Wildman–Crippen LogP) is 2.22. The molecule has 1 aromatic carbocycles. The average molecular weight is 418 g/mol. The van der Waals surface area contributed by atoms with Gasteiger partial charge in [-0.2, -0.15) is 0 Å². The molecule has 1 N–H and O–H groups in total. The number of aliphatic hydroxyl groups excluding tert-OH is 1. The second-order valence-corrected chi connectivity index (χ2v) is 8.10. The van der Waals surface area contributed by atoms with Gasteiger partial charge in [-0.25, -0.2) is 0 Å². The molecule has 0 bridgehead atoms. The number of aliphatic hydroxyl groups is 1. The van der Waals surface area contributed by atoms with Gasteiger partial charge in [0.1, 0.15) is 0 Å². The molecule has 1 saturated heterocycles. The molecule has 1 aliphatic rings. The van der Waals surface area contributed by atoms with Gasteiger partial charge in [-0.1, -0.05) is 17.3 Å². The van der Waals surface area contributed by atoms with E-state index in [1.54, 1.807) is 12.1 Å². The summed E-state index contributed by atoms with van der Waals surface area (Å²) in [6.45, 7) is 4.05. The van der Waals surface area contributed by atoms with Crippen molar-refractivity contribution in [3.63, 3.8) is 0 Å². The second-order valence-electron chi connectivity index (χ2n) is 8.10.